The van der Waals surface area contributed by atoms with Crippen molar-refractivity contribution in [2.45, 2.75) is 19.8 Å². The Morgan fingerprint density at radius 2 is 1.76 bits per heavy atom. The molecule has 0 N–H and O–H groups in total. The van der Waals surface area contributed by atoms with Crippen LogP contribution in [-0.4, -0.2) is 12.4 Å². The van der Waals surface area contributed by atoms with Crippen molar-refractivity contribution in [2.24, 2.45) is 0 Å². The summed E-state index contributed by atoms with van der Waals surface area (Å²) in [6, 6.07) is 12.4. The maximum Gasteiger partial charge on any atom is 0.167 e. The van der Waals surface area contributed by atoms with Gasteiger partial charge in [-0.15, -0.1) is 0 Å². The molecule has 2 aromatic rings. The Kier molecular flexibility index (Phi) is 5.66. The number of ether oxygens (including phenoxy) is 1. The predicted octanol–water partition coefficient (Wildman–Crippen LogP) is 5.21. The van der Waals surface area contributed by atoms with E-state index >= 15 is 0 Å². The van der Waals surface area contributed by atoms with Crippen LogP contribution in [-0.2, 0) is 6.42 Å². The fraction of sp³-hybridized carbons (Fsp3) is 0.235. The fourth-order valence-electron chi connectivity index (χ4n) is 1.94. The second-order valence-electron chi connectivity index (χ2n) is 4.68. The second kappa shape index (κ2) is 7.48. The highest BCUT2D eigenvalue weighted by molar-refractivity contribution is 6.36. The number of rotatable bonds is 6. The molecule has 0 saturated heterocycles. The Morgan fingerprint density at radius 1 is 1.10 bits per heavy atom. The first-order chi connectivity index (χ1) is 10.1. The lowest BCUT2D eigenvalue weighted by Gasteiger charge is -2.08. The second-order valence-corrected chi connectivity index (χ2v) is 5.49. The van der Waals surface area contributed by atoms with Crippen molar-refractivity contribution in [3.05, 3.63) is 63.6 Å². The van der Waals surface area contributed by atoms with E-state index in [0.29, 0.717) is 33.5 Å². The molecule has 0 aliphatic carbocycles. The summed E-state index contributed by atoms with van der Waals surface area (Å²) in [6.45, 7) is 2.67. The summed E-state index contributed by atoms with van der Waals surface area (Å²) in [4.78, 5) is 12.4. The predicted molar refractivity (Wildman–Crippen MR) is 86.7 cm³/mol. The maximum atomic E-state index is 12.4. The molecule has 0 bridgehead atoms. The van der Waals surface area contributed by atoms with Gasteiger partial charge in [-0.05, 0) is 36.2 Å². The van der Waals surface area contributed by atoms with Crippen LogP contribution in [0, 0.1) is 0 Å². The number of Topliss-reactive ketones (excluding diaryl/α,β-unsaturated/α-hetero) is 1. The zero-order valence-electron chi connectivity index (χ0n) is 11.7. The molecule has 21 heavy (non-hydrogen) atoms. The molecule has 0 spiro atoms. The summed E-state index contributed by atoms with van der Waals surface area (Å²) in [6.07, 6.45) is 1.10. The van der Waals surface area contributed by atoms with Gasteiger partial charge < -0.3 is 4.74 Å². The van der Waals surface area contributed by atoms with E-state index in [4.69, 9.17) is 27.9 Å². The van der Waals surface area contributed by atoms with Gasteiger partial charge in [0.05, 0.1) is 6.61 Å². The molecule has 2 aromatic carbocycles. The molecule has 0 aromatic heterocycles. The van der Waals surface area contributed by atoms with Crippen LogP contribution in [0.5, 0.6) is 5.75 Å². The number of carbonyl (C=O) groups is 1. The number of benzene rings is 2. The van der Waals surface area contributed by atoms with E-state index < -0.39 is 0 Å². The van der Waals surface area contributed by atoms with Gasteiger partial charge in [-0.1, -0.05) is 48.3 Å². The van der Waals surface area contributed by atoms with Crippen LogP contribution in [0.15, 0.2) is 42.5 Å². The van der Waals surface area contributed by atoms with Crippen LogP contribution in [0.4, 0.5) is 0 Å². The minimum absolute atomic E-state index is 0.0352. The summed E-state index contributed by atoms with van der Waals surface area (Å²) < 4.78 is 5.54. The Hall–Kier alpha value is -1.51. The largest absolute Gasteiger partial charge is 0.494 e. The summed E-state index contributed by atoms with van der Waals surface area (Å²) in [5, 5.41) is 1.02. The lowest BCUT2D eigenvalue weighted by Crippen LogP contribution is -2.05. The third-order valence-electron chi connectivity index (χ3n) is 3.03. The lowest BCUT2D eigenvalue weighted by atomic mass is 10.0. The van der Waals surface area contributed by atoms with Crippen molar-refractivity contribution in [1.82, 2.24) is 0 Å². The molecule has 0 heterocycles. The van der Waals surface area contributed by atoms with Crippen LogP contribution in [0.1, 0.15) is 29.3 Å². The van der Waals surface area contributed by atoms with Crippen molar-refractivity contribution in [3.63, 3.8) is 0 Å². The monoisotopic (exact) mass is 322 g/mol. The van der Waals surface area contributed by atoms with Crippen LogP contribution in [0.3, 0.4) is 0 Å². The molecule has 2 nitrogen and oxygen atoms in total. The molecule has 110 valence electrons. The molecular formula is C17H16Cl2O2. The third-order valence-corrected chi connectivity index (χ3v) is 3.74. The molecule has 0 aliphatic rings. The quantitative estimate of drug-likeness (QED) is 0.682. The van der Waals surface area contributed by atoms with Gasteiger partial charge >= 0.3 is 0 Å². The van der Waals surface area contributed by atoms with E-state index in [1.54, 1.807) is 30.3 Å². The number of hydrogen-bond acceptors (Lipinski definition) is 2. The summed E-state index contributed by atoms with van der Waals surface area (Å²) >= 11 is 12.2. The molecule has 0 radical (unpaired) electrons. The van der Waals surface area contributed by atoms with Crippen LogP contribution >= 0.6 is 23.2 Å². The highest BCUT2D eigenvalue weighted by atomic mass is 35.5. The minimum atomic E-state index is -0.0352. The van der Waals surface area contributed by atoms with Crippen molar-refractivity contribution in [3.8, 4) is 5.75 Å². The molecule has 0 unspecified atom stereocenters. The van der Waals surface area contributed by atoms with Crippen molar-refractivity contribution in [1.29, 1.82) is 0 Å². The molecule has 0 fully saturated rings. The average Bonchev–Trinajstić information content (AvgIpc) is 2.49. The van der Waals surface area contributed by atoms with E-state index in [-0.39, 0.29) is 12.2 Å². The van der Waals surface area contributed by atoms with E-state index in [1.807, 2.05) is 19.1 Å². The van der Waals surface area contributed by atoms with Crippen LogP contribution < -0.4 is 4.74 Å². The van der Waals surface area contributed by atoms with Gasteiger partial charge in [0.25, 0.3) is 0 Å². The van der Waals surface area contributed by atoms with Crippen molar-refractivity contribution < 1.29 is 9.53 Å². The molecule has 0 amide bonds. The zero-order valence-corrected chi connectivity index (χ0v) is 13.2. The number of halogens is 2. The molecule has 0 saturated carbocycles. The lowest BCUT2D eigenvalue weighted by molar-refractivity contribution is 0.0992. The summed E-state index contributed by atoms with van der Waals surface area (Å²) in [5.41, 5.74) is 1.25. The van der Waals surface area contributed by atoms with Gasteiger partial charge in [-0.25, -0.2) is 0 Å². The Labute approximate surface area is 134 Å². The van der Waals surface area contributed by atoms with Gasteiger partial charge in [0.1, 0.15) is 5.75 Å². The fourth-order valence-corrected chi connectivity index (χ4v) is 2.47. The number of hydrogen-bond donors (Lipinski definition) is 0. The first kappa shape index (κ1) is 15.9. The Balaban J connectivity index is 2.17. The molecule has 0 aliphatic heterocycles. The summed E-state index contributed by atoms with van der Waals surface area (Å²) in [5.74, 6) is 0.667. The van der Waals surface area contributed by atoms with E-state index in [9.17, 15) is 4.79 Å². The topological polar surface area (TPSA) is 26.3 Å². The van der Waals surface area contributed by atoms with Gasteiger partial charge in [-0.2, -0.15) is 0 Å². The van der Waals surface area contributed by atoms with E-state index in [0.717, 1.165) is 6.42 Å². The van der Waals surface area contributed by atoms with Crippen LogP contribution in [0.25, 0.3) is 0 Å². The van der Waals surface area contributed by atoms with E-state index in [2.05, 4.69) is 0 Å². The Morgan fingerprint density at radius 3 is 2.43 bits per heavy atom. The average molecular weight is 323 g/mol. The standard InChI is InChI=1S/C17H16Cl2O2/c1-2-9-21-13-6-3-5-12(10-13)17(20)11-14-15(18)7-4-8-16(14)19/h3-8,10H,2,9,11H2,1H3. The first-order valence-electron chi connectivity index (χ1n) is 6.80. The number of ketones is 1. The molecule has 4 heteroatoms. The molecule has 0 atom stereocenters. The van der Waals surface area contributed by atoms with Gasteiger partial charge in [-0.3, -0.25) is 4.79 Å². The first-order valence-corrected chi connectivity index (χ1v) is 7.56. The van der Waals surface area contributed by atoms with Gasteiger partial charge in [0, 0.05) is 22.0 Å². The zero-order chi connectivity index (χ0) is 15.2. The Bertz CT molecular complexity index is 618. The van der Waals surface area contributed by atoms with Crippen molar-refractivity contribution >= 4 is 29.0 Å². The maximum absolute atomic E-state index is 12.4. The molecule has 2 rings (SSSR count). The number of carbonyl (C=O) groups excluding carboxylic acids is 1. The van der Waals surface area contributed by atoms with Crippen LogP contribution in [0.2, 0.25) is 10.0 Å². The van der Waals surface area contributed by atoms with E-state index in [1.165, 1.54) is 0 Å². The highest BCUT2D eigenvalue weighted by Crippen LogP contribution is 2.26. The minimum Gasteiger partial charge on any atom is -0.494 e. The highest BCUT2D eigenvalue weighted by Gasteiger charge is 2.13. The van der Waals surface area contributed by atoms with Gasteiger partial charge in [0.2, 0.25) is 0 Å². The van der Waals surface area contributed by atoms with Crippen molar-refractivity contribution in [2.75, 3.05) is 6.61 Å². The summed E-state index contributed by atoms with van der Waals surface area (Å²) in [7, 11) is 0. The third kappa shape index (κ3) is 4.23. The normalized spacial score (nSPS) is 10.4. The SMILES string of the molecule is CCCOc1cccc(C(=O)Cc2c(Cl)cccc2Cl)c1. The smallest absolute Gasteiger partial charge is 0.167 e. The van der Waals surface area contributed by atoms with Gasteiger partial charge in [0.15, 0.2) is 5.78 Å². The molecular weight excluding hydrogens is 307 g/mol.